The molecule has 0 fully saturated rings. The Morgan fingerprint density at radius 1 is 1.32 bits per heavy atom. The van der Waals surface area contributed by atoms with E-state index < -0.39 is 0 Å². The summed E-state index contributed by atoms with van der Waals surface area (Å²) in [4.78, 5) is 0. The quantitative estimate of drug-likeness (QED) is 0.935. The Labute approximate surface area is 121 Å². The van der Waals surface area contributed by atoms with Crippen LogP contribution in [0.2, 0.25) is 0 Å². The van der Waals surface area contributed by atoms with E-state index in [0.29, 0.717) is 6.54 Å². The van der Waals surface area contributed by atoms with Crippen LogP contribution < -0.4 is 5.32 Å². The molecule has 0 aliphatic heterocycles. The molecule has 0 bridgehead atoms. The van der Waals surface area contributed by atoms with Gasteiger partial charge < -0.3 is 5.32 Å². The third-order valence-electron chi connectivity index (χ3n) is 3.29. The van der Waals surface area contributed by atoms with E-state index in [0.717, 1.165) is 22.3 Å². The van der Waals surface area contributed by atoms with E-state index in [1.54, 1.807) is 6.07 Å². The average molecular weight is 326 g/mol. The Balaban J connectivity index is 2.00. The zero-order valence-corrected chi connectivity index (χ0v) is 12.9. The van der Waals surface area contributed by atoms with Crippen LogP contribution in [0, 0.1) is 19.7 Å². The topological polar surface area (TPSA) is 29.9 Å². The molecular formula is C14H17BrFN3. The lowest BCUT2D eigenvalue weighted by atomic mass is 10.2. The number of halogens is 2. The number of hydrogen-bond donors (Lipinski definition) is 1. The fraction of sp³-hybridized carbons (Fsp3) is 0.357. The Morgan fingerprint density at radius 2 is 2.05 bits per heavy atom. The largest absolute Gasteiger partial charge is 0.308 e. The molecule has 0 atom stereocenters. The van der Waals surface area contributed by atoms with Gasteiger partial charge in [0.1, 0.15) is 5.82 Å². The van der Waals surface area contributed by atoms with Crippen LogP contribution in [0.1, 0.15) is 22.5 Å². The molecule has 3 nitrogen and oxygen atoms in total. The summed E-state index contributed by atoms with van der Waals surface area (Å²) >= 11 is 3.37. The Hall–Kier alpha value is -1.20. The predicted molar refractivity (Wildman–Crippen MR) is 77.3 cm³/mol. The van der Waals surface area contributed by atoms with Gasteiger partial charge in [0.2, 0.25) is 0 Å². The summed E-state index contributed by atoms with van der Waals surface area (Å²) in [6, 6.07) is 4.75. The van der Waals surface area contributed by atoms with Crippen molar-refractivity contribution in [3.63, 3.8) is 0 Å². The van der Waals surface area contributed by atoms with Crippen molar-refractivity contribution in [1.82, 2.24) is 15.1 Å². The maximum absolute atomic E-state index is 13.0. The van der Waals surface area contributed by atoms with Gasteiger partial charge in [-0.1, -0.05) is 22.0 Å². The summed E-state index contributed by atoms with van der Waals surface area (Å²) in [7, 11) is 1.95. The lowest BCUT2D eigenvalue weighted by Gasteiger charge is -2.07. The van der Waals surface area contributed by atoms with Gasteiger partial charge in [0.15, 0.2) is 0 Å². The minimum absolute atomic E-state index is 0.227. The summed E-state index contributed by atoms with van der Waals surface area (Å²) in [5.74, 6) is -0.227. The fourth-order valence-corrected chi connectivity index (χ4v) is 2.55. The number of aryl methyl sites for hydroxylation is 2. The highest BCUT2D eigenvalue weighted by Gasteiger charge is 2.09. The first kappa shape index (κ1) is 14.2. The molecule has 1 heterocycles. The van der Waals surface area contributed by atoms with Crippen molar-refractivity contribution in [2.45, 2.75) is 26.9 Å². The van der Waals surface area contributed by atoms with Gasteiger partial charge in [0.05, 0.1) is 5.69 Å². The van der Waals surface area contributed by atoms with E-state index in [2.05, 4.69) is 33.3 Å². The van der Waals surface area contributed by atoms with Crippen molar-refractivity contribution in [3.05, 3.63) is 51.0 Å². The molecule has 0 spiro atoms. The van der Waals surface area contributed by atoms with Crippen LogP contribution in [0.25, 0.3) is 0 Å². The molecule has 1 N–H and O–H groups in total. The van der Waals surface area contributed by atoms with Crippen molar-refractivity contribution in [2.75, 3.05) is 0 Å². The van der Waals surface area contributed by atoms with E-state index in [1.165, 1.54) is 23.4 Å². The lowest BCUT2D eigenvalue weighted by molar-refractivity contribution is 0.623. The molecule has 0 aliphatic carbocycles. The van der Waals surface area contributed by atoms with Gasteiger partial charge >= 0.3 is 0 Å². The third-order valence-corrected chi connectivity index (χ3v) is 4.03. The van der Waals surface area contributed by atoms with Crippen LogP contribution in [-0.2, 0) is 20.1 Å². The average Bonchev–Trinajstić information content (AvgIpc) is 2.58. The molecule has 2 rings (SSSR count). The van der Waals surface area contributed by atoms with E-state index in [9.17, 15) is 4.39 Å². The molecule has 2 aromatic rings. The number of aromatic nitrogens is 2. The van der Waals surface area contributed by atoms with E-state index in [1.807, 2.05) is 18.7 Å². The van der Waals surface area contributed by atoms with Gasteiger partial charge in [-0.2, -0.15) is 5.10 Å². The summed E-state index contributed by atoms with van der Waals surface area (Å²) in [5, 5.41) is 7.75. The first-order chi connectivity index (χ1) is 8.99. The van der Waals surface area contributed by atoms with Gasteiger partial charge in [-0.3, -0.25) is 4.68 Å². The van der Waals surface area contributed by atoms with Crippen LogP contribution >= 0.6 is 15.9 Å². The molecule has 0 saturated carbocycles. The summed E-state index contributed by atoms with van der Waals surface area (Å²) < 4.78 is 15.7. The fourth-order valence-electron chi connectivity index (χ4n) is 2.06. The van der Waals surface area contributed by atoms with Gasteiger partial charge in [-0.05, 0) is 31.5 Å². The van der Waals surface area contributed by atoms with Crippen molar-refractivity contribution in [3.8, 4) is 0 Å². The van der Waals surface area contributed by atoms with Gasteiger partial charge in [0.25, 0.3) is 0 Å². The lowest BCUT2D eigenvalue weighted by Crippen LogP contribution is -2.14. The summed E-state index contributed by atoms with van der Waals surface area (Å²) in [6.45, 7) is 5.52. The van der Waals surface area contributed by atoms with Crippen molar-refractivity contribution >= 4 is 15.9 Å². The second-order valence-corrected chi connectivity index (χ2v) is 5.47. The molecule has 0 saturated heterocycles. The highest BCUT2D eigenvalue weighted by atomic mass is 79.9. The molecule has 102 valence electrons. The molecule has 0 radical (unpaired) electrons. The van der Waals surface area contributed by atoms with E-state index in [-0.39, 0.29) is 5.82 Å². The highest BCUT2D eigenvalue weighted by Crippen LogP contribution is 2.18. The monoisotopic (exact) mass is 325 g/mol. The van der Waals surface area contributed by atoms with Crippen molar-refractivity contribution in [2.24, 2.45) is 7.05 Å². The van der Waals surface area contributed by atoms with Crippen LogP contribution in [0.15, 0.2) is 22.7 Å². The number of hydrogen-bond acceptors (Lipinski definition) is 2. The Morgan fingerprint density at radius 3 is 2.63 bits per heavy atom. The Bertz CT molecular complexity index is 593. The van der Waals surface area contributed by atoms with Gasteiger partial charge in [-0.15, -0.1) is 0 Å². The molecule has 0 aliphatic rings. The Kier molecular flexibility index (Phi) is 4.37. The second kappa shape index (κ2) is 5.84. The molecular weight excluding hydrogens is 309 g/mol. The predicted octanol–water partition coefficient (Wildman–Crippen LogP) is 3.23. The molecule has 5 heteroatoms. The van der Waals surface area contributed by atoms with E-state index in [4.69, 9.17) is 0 Å². The first-order valence-electron chi connectivity index (χ1n) is 6.12. The molecule has 1 aromatic carbocycles. The maximum Gasteiger partial charge on any atom is 0.124 e. The van der Waals surface area contributed by atoms with Gasteiger partial charge in [0, 0.05) is 35.9 Å². The number of rotatable bonds is 4. The van der Waals surface area contributed by atoms with Crippen LogP contribution in [0.3, 0.4) is 0 Å². The molecule has 0 amide bonds. The molecule has 0 unspecified atom stereocenters. The van der Waals surface area contributed by atoms with Gasteiger partial charge in [-0.25, -0.2) is 4.39 Å². The standard InChI is InChI=1S/C14H17BrFN3/c1-9-13(10(2)19(3)18-9)8-17-7-11-4-5-12(16)6-14(11)15/h4-6,17H,7-8H2,1-3H3. The summed E-state index contributed by atoms with van der Waals surface area (Å²) in [5.41, 5.74) is 4.48. The number of benzene rings is 1. The van der Waals surface area contributed by atoms with Crippen LogP contribution in [0.4, 0.5) is 4.39 Å². The number of nitrogens with zero attached hydrogens (tertiary/aromatic N) is 2. The SMILES string of the molecule is Cc1nn(C)c(C)c1CNCc1ccc(F)cc1Br. The normalized spacial score (nSPS) is 11.0. The van der Waals surface area contributed by atoms with Crippen LogP contribution in [-0.4, -0.2) is 9.78 Å². The smallest absolute Gasteiger partial charge is 0.124 e. The summed E-state index contributed by atoms with van der Waals surface area (Å²) in [6.07, 6.45) is 0. The minimum Gasteiger partial charge on any atom is -0.308 e. The first-order valence-corrected chi connectivity index (χ1v) is 6.92. The zero-order valence-electron chi connectivity index (χ0n) is 11.3. The van der Waals surface area contributed by atoms with E-state index >= 15 is 0 Å². The minimum atomic E-state index is -0.227. The van der Waals surface area contributed by atoms with Crippen molar-refractivity contribution in [1.29, 1.82) is 0 Å². The molecule has 1 aromatic heterocycles. The van der Waals surface area contributed by atoms with Crippen LogP contribution in [0.5, 0.6) is 0 Å². The maximum atomic E-state index is 13.0. The second-order valence-electron chi connectivity index (χ2n) is 4.61. The molecule has 19 heavy (non-hydrogen) atoms. The highest BCUT2D eigenvalue weighted by molar-refractivity contribution is 9.10. The van der Waals surface area contributed by atoms with Crippen molar-refractivity contribution < 1.29 is 4.39 Å². The third kappa shape index (κ3) is 3.22. The number of nitrogens with one attached hydrogen (secondary N) is 1. The zero-order chi connectivity index (χ0) is 14.0.